The SMILES string of the molecule is Cc1ccc2c(c1)CN(CCN1CCN(c3n[nH]c4cc(F)ccc34)CC1)C2. The number of nitrogens with zero attached hydrogens (tertiary/aromatic N) is 4. The molecule has 0 atom stereocenters. The fourth-order valence-corrected chi connectivity index (χ4v) is 4.44. The van der Waals surface area contributed by atoms with Gasteiger partial charge in [-0.3, -0.25) is 14.9 Å². The molecule has 5 nitrogen and oxygen atoms in total. The summed E-state index contributed by atoms with van der Waals surface area (Å²) < 4.78 is 13.4. The van der Waals surface area contributed by atoms with E-state index in [4.69, 9.17) is 0 Å². The van der Waals surface area contributed by atoms with E-state index in [1.54, 1.807) is 0 Å². The van der Waals surface area contributed by atoms with Crippen molar-refractivity contribution in [2.45, 2.75) is 20.0 Å². The minimum atomic E-state index is -0.230. The number of H-pyrrole nitrogens is 1. The van der Waals surface area contributed by atoms with Crippen molar-refractivity contribution in [3.63, 3.8) is 0 Å². The molecule has 0 spiro atoms. The second-order valence-electron chi connectivity index (χ2n) is 8.05. The number of aryl methyl sites for hydroxylation is 1. The van der Waals surface area contributed by atoms with Crippen molar-refractivity contribution in [3.8, 4) is 0 Å². The topological polar surface area (TPSA) is 38.4 Å². The van der Waals surface area contributed by atoms with Crippen molar-refractivity contribution in [3.05, 3.63) is 58.9 Å². The minimum absolute atomic E-state index is 0.230. The highest BCUT2D eigenvalue weighted by Crippen LogP contribution is 2.26. The van der Waals surface area contributed by atoms with Gasteiger partial charge in [-0.15, -0.1) is 0 Å². The van der Waals surface area contributed by atoms with Crippen LogP contribution in [0.1, 0.15) is 16.7 Å². The molecule has 1 fully saturated rings. The maximum absolute atomic E-state index is 13.4. The van der Waals surface area contributed by atoms with Gasteiger partial charge >= 0.3 is 0 Å². The minimum Gasteiger partial charge on any atom is -0.352 e. The Hall–Kier alpha value is -2.44. The molecule has 1 saturated heterocycles. The van der Waals surface area contributed by atoms with Crippen LogP contribution in [0.2, 0.25) is 0 Å². The van der Waals surface area contributed by atoms with Crippen LogP contribution in [0.5, 0.6) is 0 Å². The first kappa shape index (κ1) is 17.6. The van der Waals surface area contributed by atoms with E-state index >= 15 is 0 Å². The Labute approximate surface area is 164 Å². The molecule has 2 aliphatic heterocycles. The first-order chi connectivity index (χ1) is 13.7. The van der Waals surface area contributed by atoms with Crippen molar-refractivity contribution in [1.29, 1.82) is 0 Å². The second kappa shape index (κ2) is 7.18. The van der Waals surface area contributed by atoms with E-state index in [-0.39, 0.29) is 5.82 Å². The molecule has 1 aromatic heterocycles. The van der Waals surface area contributed by atoms with Gasteiger partial charge in [-0.05, 0) is 36.2 Å². The lowest BCUT2D eigenvalue weighted by Gasteiger charge is -2.35. The van der Waals surface area contributed by atoms with Gasteiger partial charge in [-0.25, -0.2) is 4.39 Å². The number of piperazine rings is 1. The summed E-state index contributed by atoms with van der Waals surface area (Å²) in [5.74, 6) is 0.715. The number of halogens is 1. The Kier molecular flexibility index (Phi) is 4.53. The molecule has 0 aliphatic carbocycles. The molecule has 3 heterocycles. The van der Waals surface area contributed by atoms with Gasteiger partial charge < -0.3 is 4.90 Å². The predicted octanol–water partition coefficient (Wildman–Crippen LogP) is 3.15. The number of nitrogens with one attached hydrogen (secondary N) is 1. The highest BCUT2D eigenvalue weighted by Gasteiger charge is 2.23. The van der Waals surface area contributed by atoms with Gasteiger partial charge in [0.15, 0.2) is 5.82 Å². The number of rotatable bonds is 4. The summed E-state index contributed by atoms with van der Waals surface area (Å²) in [6.07, 6.45) is 0. The van der Waals surface area contributed by atoms with Crippen LogP contribution in [0.3, 0.4) is 0 Å². The molecule has 0 saturated carbocycles. The van der Waals surface area contributed by atoms with Crippen LogP contribution in [0.25, 0.3) is 10.9 Å². The van der Waals surface area contributed by atoms with E-state index in [0.717, 1.165) is 69.1 Å². The molecule has 0 bridgehead atoms. The van der Waals surface area contributed by atoms with E-state index < -0.39 is 0 Å². The first-order valence-electron chi connectivity index (χ1n) is 10.1. The molecule has 5 rings (SSSR count). The van der Waals surface area contributed by atoms with Crippen molar-refractivity contribution in [2.24, 2.45) is 0 Å². The molecule has 2 aromatic carbocycles. The summed E-state index contributed by atoms with van der Waals surface area (Å²) in [5.41, 5.74) is 5.09. The fourth-order valence-electron chi connectivity index (χ4n) is 4.44. The maximum Gasteiger partial charge on any atom is 0.158 e. The summed E-state index contributed by atoms with van der Waals surface area (Å²) in [5, 5.41) is 8.39. The molecule has 0 radical (unpaired) electrons. The van der Waals surface area contributed by atoms with Crippen LogP contribution in [0.4, 0.5) is 10.2 Å². The number of benzene rings is 2. The average Bonchev–Trinajstić information content (AvgIpc) is 3.29. The third-order valence-electron chi connectivity index (χ3n) is 6.06. The molecule has 3 aromatic rings. The molecule has 146 valence electrons. The smallest absolute Gasteiger partial charge is 0.158 e. The van der Waals surface area contributed by atoms with Gasteiger partial charge in [0.05, 0.1) is 5.52 Å². The molecular weight excluding hydrogens is 353 g/mol. The number of aromatic amines is 1. The maximum atomic E-state index is 13.4. The lowest BCUT2D eigenvalue weighted by Crippen LogP contribution is -2.48. The highest BCUT2D eigenvalue weighted by atomic mass is 19.1. The summed E-state index contributed by atoms with van der Waals surface area (Å²) in [6.45, 7) is 10.5. The molecule has 2 aliphatic rings. The zero-order chi connectivity index (χ0) is 19.1. The predicted molar refractivity (Wildman–Crippen MR) is 110 cm³/mol. The van der Waals surface area contributed by atoms with Crippen molar-refractivity contribution < 1.29 is 4.39 Å². The van der Waals surface area contributed by atoms with Crippen LogP contribution < -0.4 is 4.90 Å². The van der Waals surface area contributed by atoms with Crippen LogP contribution >= 0.6 is 0 Å². The summed E-state index contributed by atoms with van der Waals surface area (Å²) in [4.78, 5) is 7.40. The Bertz CT molecular complexity index is 990. The van der Waals surface area contributed by atoms with Crippen LogP contribution in [-0.2, 0) is 13.1 Å². The zero-order valence-electron chi connectivity index (χ0n) is 16.3. The average molecular weight is 379 g/mol. The summed E-state index contributed by atoms with van der Waals surface area (Å²) >= 11 is 0. The van der Waals surface area contributed by atoms with E-state index in [1.807, 2.05) is 6.07 Å². The third-order valence-corrected chi connectivity index (χ3v) is 6.06. The van der Waals surface area contributed by atoms with Gasteiger partial charge in [0.1, 0.15) is 5.82 Å². The number of hydrogen-bond acceptors (Lipinski definition) is 4. The quantitative estimate of drug-likeness (QED) is 0.756. The normalized spacial score (nSPS) is 18.1. The lowest BCUT2D eigenvalue weighted by atomic mass is 10.1. The van der Waals surface area contributed by atoms with E-state index in [2.05, 4.69) is 50.0 Å². The summed E-state index contributed by atoms with van der Waals surface area (Å²) in [7, 11) is 0. The van der Waals surface area contributed by atoms with Crippen molar-refractivity contribution >= 4 is 16.7 Å². The lowest BCUT2D eigenvalue weighted by molar-refractivity contribution is 0.197. The Morgan fingerprint density at radius 1 is 0.929 bits per heavy atom. The molecule has 1 N–H and O–H groups in total. The summed E-state index contributed by atoms with van der Waals surface area (Å²) in [6, 6.07) is 11.7. The Morgan fingerprint density at radius 2 is 1.71 bits per heavy atom. The molecular formula is C22H26FN5. The van der Waals surface area contributed by atoms with Crippen LogP contribution in [0, 0.1) is 12.7 Å². The Balaban J connectivity index is 1.15. The van der Waals surface area contributed by atoms with E-state index in [1.165, 1.54) is 28.8 Å². The number of aromatic nitrogens is 2. The first-order valence-corrected chi connectivity index (χ1v) is 10.1. The van der Waals surface area contributed by atoms with Gasteiger partial charge in [0.25, 0.3) is 0 Å². The zero-order valence-corrected chi connectivity index (χ0v) is 16.3. The van der Waals surface area contributed by atoms with Gasteiger partial charge in [-0.2, -0.15) is 5.10 Å². The molecule has 0 amide bonds. The van der Waals surface area contributed by atoms with E-state index in [0.29, 0.717) is 0 Å². The number of fused-ring (bicyclic) bond motifs is 2. The van der Waals surface area contributed by atoms with Crippen molar-refractivity contribution in [2.75, 3.05) is 44.2 Å². The Morgan fingerprint density at radius 3 is 2.57 bits per heavy atom. The van der Waals surface area contributed by atoms with Crippen molar-refractivity contribution in [1.82, 2.24) is 20.0 Å². The molecule has 28 heavy (non-hydrogen) atoms. The monoisotopic (exact) mass is 379 g/mol. The number of hydrogen-bond donors (Lipinski definition) is 1. The fraction of sp³-hybridized carbons (Fsp3) is 0.409. The van der Waals surface area contributed by atoms with E-state index in [9.17, 15) is 4.39 Å². The molecule has 6 heteroatoms. The van der Waals surface area contributed by atoms with Crippen LogP contribution in [-0.4, -0.2) is 59.3 Å². The van der Waals surface area contributed by atoms with Gasteiger partial charge in [0, 0.05) is 57.7 Å². The number of anilines is 1. The van der Waals surface area contributed by atoms with Gasteiger partial charge in [-0.1, -0.05) is 23.8 Å². The van der Waals surface area contributed by atoms with Crippen LogP contribution in [0.15, 0.2) is 36.4 Å². The second-order valence-corrected chi connectivity index (χ2v) is 8.05. The highest BCUT2D eigenvalue weighted by molar-refractivity contribution is 5.90. The third kappa shape index (κ3) is 3.38. The van der Waals surface area contributed by atoms with Gasteiger partial charge in [0.2, 0.25) is 0 Å². The molecule has 0 unspecified atom stereocenters. The standard InChI is InChI=1S/C22H26FN5/c1-16-2-3-17-14-27(15-18(17)12-16)7-6-26-8-10-28(11-9-26)22-20-5-4-19(23)13-21(20)24-25-22/h2-5,12-13H,6-11,14-15H2,1H3,(H,24,25). The largest absolute Gasteiger partial charge is 0.352 e.